The van der Waals surface area contributed by atoms with Gasteiger partial charge in [-0.25, -0.2) is 0 Å². The molecule has 0 bridgehead atoms. The number of phenolic OH excluding ortho intramolecular Hbond substituents is 1. The summed E-state index contributed by atoms with van der Waals surface area (Å²) >= 11 is 0. The van der Waals surface area contributed by atoms with E-state index in [1.807, 2.05) is 12.1 Å². The van der Waals surface area contributed by atoms with Crippen molar-refractivity contribution < 1.29 is 9.84 Å². The summed E-state index contributed by atoms with van der Waals surface area (Å²) in [5, 5.41) is 9.55. The van der Waals surface area contributed by atoms with E-state index in [1.165, 1.54) is 0 Å². The van der Waals surface area contributed by atoms with Crippen LogP contribution >= 0.6 is 0 Å². The molecule has 0 saturated heterocycles. The summed E-state index contributed by atoms with van der Waals surface area (Å²) in [6.07, 6.45) is 1.02. The topological polar surface area (TPSA) is 29.5 Å². The lowest BCUT2D eigenvalue weighted by Gasteiger charge is -2.08. The average Bonchev–Trinajstić information content (AvgIpc) is 2.49. The van der Waals surface area contributed by atoms with Crippen LogP contribution in [-0.2, 0) is 11.3 Å². The van der Waals surface area contributed by atoms with Crippen molar-refractivity contribution in [1.82, 2.24) is 0 Å². The highest BCUT2D eigenvalue weighted by molar-refractivity contribution is 5.42. The molecule has 12 heavy (non-hydrogen) atoms. The van der Waals surface area contributed by atoms with Gasteiger partial charge in [0.05, 0.1) is 12.7 Å². The monoisotopic (exact) mass is 164 g/mol. The number of hydrogen-bond acceptors (Lipinski definition) is 2. The lowest BCUT2D eigenvalue weighted by Crippen LogP contribution is -1.92. The summed E-state index contributed by atoms with van der Waals surface area (Å²) in [5.74, 6) is 0.372. The van der Waals surface area contributed by atoms with Gasteiger partial charge in [-0.3, -0.25) is 0 Å². The second-order valence-electron chi connectivity index (χ2n) is 3.06. The van der Waals surface area contributed by atoms with Gasteiger partial charge in [0.25, 0.3) is 0 Å². The van der Waals surface area contributed by atoms with Crippen molar-refractivity contribution in [3.8, 4) is 5.75 Å². The van der Waals surface area contributed by atoms with E-state index < -0.39 is 0 Å². The van der Waals surface area contributed by atoms with E-state index in [2.05, 4.69) is 6.92 Å². The van der Waals surface area contributed by atoms with E-state index in [0.29, 0.717) is 12.4 Å². The maximum Gasteiger partial charge on any atom is 0.121 e. The van der Waals surface area contributed by atoms with Gasteiger partial charge in [-0.1, -0.05) is 19.1 Å². The zero-order valence-electron chi connectivity index (χ0n) is 7.08. The van der Waals surface area contributed by atoms with Crippen LogP contribution in [0, 0.1) is 0 Å². The fraction of sp³-hybridized carbons (Fsp3) is 0.400. The molecule has 1 aromatic carbocycles. The Labute approximate surface area is 71.8 Å². The molecule has 1 aliphatic rings. The Morgan fingerprint density at radius 3 is 3.17 bits per heavy atom. The standard InChI is InChI=1S/C10H12O2/c1-2-9-10-7(6-12-9)4-3-5-8(10)11/h3-5,9,11H,2,6H2,1H3/t9-/m0/s1. The van der Waals surface area contributed by atoms with Crippen molar-refractivity contribution in [3.63, 3.8) is 0 Å². The number of hydrogen-bond donors (Lipinski definition) is 1. The number of phenols is 1. The summed E-state index contributed by atoms with van der Waals surface area (Å²) in [6, 6.07) is 5.58. The van der Waals surface area contributed by atoms with Gasteiger partial charge in [0.15, 0.2) is 0 Å². The van der Waals surface area contributed by atoms with Gasteiger partial charge in [-0.2, -0.15) is 0 Å². The summed E-state index contributed by atoms with van der Waals surface area (Å²) in [4.78, 5) is 0. The highest BCUT2D eigenvalue weighted by Gasteiger charge is 2.24. The SMILES string of the molecule is CC[C@@H]1OCc2cccc(O)c21. The van der Waals surface area contributed by atoms with Crippen molar-refractivity contribution in [2.45, 2.75) is 26.1 Å². The maximum atomic E-state index is 9.55. The number of benzene rings is 1. The van der Waals surface area contributed by atoms with Crippen LogP contribution in [0.25, 0.3) is 0 Å². The Hall–Kier alpha value is -1.02. The molecule has 0 amide bonds. The van der Waals surface area contributed by atoms with Crippen LogP contribution in [0.15, 0.2) is 18.2 Å². The third-order valence-electron chi connectivity index (χ3n) is 2.31. The first-order chi connectivity index (χ1) is 5.83. The fourth-order valence-corrected chi connectivity index (χ4v) is 1.69. The van der Waals surface area contributed by atoms with Crippen LogP contribution in [0.1, 0.15) is 30.6 Å². The van der Waals surface area contributed by atoms with Crippen LogP contribution in [0.2, 0.25) is 0 Å². The van der Waals surface area contributed by atoms with E-state index in [4.69, 9.17) is 4.74 Å². The van der Waals surface area contributed by atoms with Gasteiger partial charge in [0, 0.05) is 5.56 Å². The molecule has 0 saturated carbocycles. The van der Waals surface area contributed by atoms with E-state index >= 15 is 0 Å². The predicted molar refractivity (Wildman–Crippen MR) is 45.9 cm³/mol. The number of rotatable bonds is 1. The maximum absolute atomic E-state index is 9.55. The van der Waals surface area contributed by atoms with Gasteiger partial charge in [-0.15, -0.1) is 0 Å². The molecular formula is C10H12O2. The molecule has 0 fully saturated rings. The van der Waals surface area contributed by atoms with Crippen LogP contribution in [0.5, 0.6) is 5.75 Å². The quantitative estimate of drug-likeness (QED) is 0.690. The van der Waals surface area contributed by atoms with Gasteiger partial charge >= 0.3 is 0 Å². The molecule has 0 unspecified atom stereocenters. The van der Waals surface area contributed by atoms with Gasteiger partial charge in [0.2, 0.25) is 0 Å². The lowest BCUT2D eigenvalue weighted by molar-refractivity contribution is 0.0626. The van der Waals surface area contributed by atoms with Gasteiger partial charge in [-0.05, 0) is 18.1 Å². The molecule has 1 atom stereocenters. The Kier molecular flexibility index (Phi) is 1.77. The predicted octanol–water partition coefficient (Wildman–Crippen LogP) is 2.37. The molecule has 2 nitrogen and oxygen atoms in total. The summed E-state index contributed by atoms with van der Waals surface area (Å²) in [7, 11) is 0. The van der Waals surface area contributed by atoms with Crippen LogP contribution in [0.4, 0.5) is 0 Å². The number of fused-ring (bicyclic) bond motifs is 1. The summed E-state index contributed by atoms with van der Waals surface area (Å²) in [5.41, 5.74) is 2.11. The largest absolute Gasteiger partial charge is 0.508 e. The second kappa shape index (κ2) is 2.79. The minimum Gasteiger partial charge on any atom is -0.508 e. The van der Waals surface area contributed by atoms with Crippen LogP contribution in [-0.4, -0.2) is 5.11 Å². The van der Waals surface area contributed by atoms with Crippen molar-refractivity contribution in [1.29, 1.82) is 0 Å². The van der Waals surface area contributed by atoms with Crippen molar-refractivity contribution in [2.75, 3.05) is 0 Å². The smallest absolute Gasteiger partial charge is 0.121 e. The molecule has 1 aromatic rings. The van der Waals surface area contributed by atoms with Crippen molar-refractivity contribution in [3.05, 3.63) is 29.3 Å². The third-order valence-corrected chi connectivity index (χ3v) is 2.31. The molecule has 1 heterocycles. The van der Waals surface area contributed by atoms with E-state index in [0.717, 1.165) is 17.5 Å². The van der Waals surface area contributed by atoms with Gasteiger partial charge < -0.3 is 9.84 Å². The summed E-state index contributed by atoms with van der Waals surface area (Å²) < 4.78 is 5.49. The molecule has 2 heteroatoms. The first kappa shape index (κ1) is 7.62. The number of ether oxygens (including phenoxy) is 1. The average molecular weight is 164 g/mol. The van der Waals surface area contributed by atoms with Crippen molar-refractivity contribution in [2.24, 2.45) is 0 Å². The zero-order chi connectivity index (χ0) is 8.55. The second-order valence-corrected chi connectivity index (χ2v) is 3.06. The normalized spacial score (nSPS) is 20.9. The molecule has 0 spiro atoms. The molecule has 1 aliphatic heterocycles. The Balaban J connectivity index is 2.48. The Morgan fingerprint density at radius 1 is 1.58 bits per heavy atom. The highest BCUT2D eigenvalue weighted by atomic mass is 16.5. The summed E-state index contributed by atoms with van der Waals surface area (Å²) in [6.45, 7) is 2.70. The molecule has 1 N–H and O–H groups in total. The molecular weight excluding hydrogens is 152 g/mol. The zero-order valence-corrected chi connectivity index (χ0v) is 7.08. The highest BCUT2D eigenvalue weighted by Crippen LogP contribution is 2.38. The first-order valence-electron chi connectivity index (χ1n) is 4.25. The minimum atomic E-state index is 0.0983. The first-order valence-corrected chi connectivity index (χ1v) is 4.25. The van der Waals surface area contributed by atoms with E-state index in [9.17, 15) is 5.11 Å². The molecule has 2 rings (SSSR count). The van der Waals surface area contributed by atoms with Crippen LogP contribution < -0.4 is 0 Å². The van der Waals surface area contributed by atoms with Crippen LogP contribution in [0.3, 0.4) is 0 Å². The fourth-order valence-electron chi connectivity index (χ4n) is 1.69. The van der Waals surface area contributed by atoms with Gasteiger partial charge in [0.1, 0.15) is 5.75 Å². The van der Waals surface area contributed by atoms with E-state index in [-0.39, 0.29) is 6.10 Å². The lowest BCUT2D eigenvalue weighted by atomic mass is 10.0. The Bertz CT molecular complexity index is 294. The minimum absolute atomic E-state index is 0.0983. The third kappa shape index (κ3) is 0.994. The molecule has 0 radical (unpaired) electrons. The van der Waals surface area contributed by atoms with E-state index in [1.54, 1.807) is 6.07 Å². The Morgan fingerprint density at radius 2 is 2.42 bits per heavy atom. The number of aromatic hydroxyl groups is 1. The van der Waals surface area contributed by atoms with Crippen molar-refractivity contribution >= 4 is 0 Å². The molecule has 0 aliphatic carbocycles. The molecule has 64 valence electrons. The molecule has 0 aromatic heterocycles.